The van der Waals surface area contributed by atoms with Crippen LogP contribution in [-0.4, -0.2) is 25.2 Å². The molecule has 0 aliphatic rings. The number of carbonyl (C=O) groups excluding carboxylic acids is 1. The van der Waals surface area contributed by atoms with Gasteiger partial charge in [0.15, 0.2) is 23.3 Å². The molecule has 0 spiro atoms. The van der Waals surface area contributed by atoms with E-state index in [0.717, 1.165) is 0 Å². The summed E-state index contributed by atoms with van der Waals surface area (Å²) in [6.45, 7) is -0.102. The normalized spacial score (nSPS) is 10.1. The van der Waals surface area contributed by atoms with Crippen molar-refractivity contribution >= 4 is 30.7 Å². The highest BCUT2D eigenvalue weighted by Gasteiger charge is 2.08. The number of hydrogen-bond acceptors (Lipinski definition) is 3. The number of benzene rings is 1. The average Bonchev–Trinajstić information content (AvgIpc) is 2.37. The van der Waals surface area contributed by atoms with Crippen LogP contribution in [0.4, 0.5) is 0 Å². The summed E-state index contributed by atoms with van der Waals surface area (Å²) < 4.78 is 5.31. The van der Waals surface area contributed by atoms with E-state index in [4.69, 9.17) is 24.2 Å². The average molecular weight is 257 g/mol. The number of pyridine rings is 1. The highest BCUT2D eigenvalue weighted by molar-refractivity contribution is 6.32. The standard InChI is InChI=1S/C13H9BClNO2/c14-10-4-1-3-9(7-10)11(17)8-18-12-5-2-6-16-13(12)15/h1-7H,8H2. The van der Waals surface area contributed by atoms with Crippen molar-refractivity contribution in [3.8, 4) is 5.75 Å². The number of nitrogens with zero attached hydrogens (tertiary/aromatic N) is 1. The number of ketones is 1. The molecule has 1 heterocycles. The van der Waals surface area contributed by atoms with Gasteiger partial charge in [-0.3, -0.25) is 4.79 Å². The van der Waals surface area contributed by atoms with Gasteiger partial charge in [-0.25, -0.2) is 4.98 Å². The highest BCUT2D eigenvalue weighted by atomic mass is 35.5. The van der Waals surface area contributed by atoms with Crippen LogP contribution in [0.5, 0.6) is 5.75 Å². The molecule has 2 aromatic rings. The molecule has 0 N–H and O–H groups in total. The van der Waals surface area contributed by atoms with Gasteiger partial charge in [0.05, 0.1) is 0 Å². The van der Waals surface area contributed by atoms with Crippen LogP contribution in [-0.2, 0) is 0 Å². The van der Waals surface area contributed by atoms with Gasteiger partial charge in [-0.15, -0.1) is 0 Å². The quantitative estimate of drug-likeness (QED) is 0.476. The van der Waals surface area contributed by atoms with E-state index in [-0.39, 0.29) is 17.5 Å². The summed E-state index contributed by atoms with van der Waals surface area (Å²) in [7, 11) is 5.60. The lowest BCUT2D eigenvalue weighted by Crippen LogP contribution is -2.14. The minimum atomic E-state index is -0.165. The first-order valence-corrected chi connectivity index (χ1v) is 5.66. The Morgan fingerprint density at radius 2 is 2.17 bits per heavy atom. The molecule has 0 amide bonds. The van der Waals surface area contributed by atoms with Crippen LogP contribution < -0.4 is 10.2 Å². The van der Waals surface area contributed by atoms with Crippen LogP contribution in [0.3, 0.4) is 0 Å². The van der Waals surface area contributed by atoms with Crippen molar-refractivity contribution in [2.45, 2.75) is 0 Å². The number of hydrogen-bond donors (Lipinski definition) is 0. The Hall–Kier alpha value is -1.81. The Morgan fingerprint density at radius 1 is 1.33 bits per heavy atom. The Kier molecular flexibility index (Phi) is 4.00. The summed E-state index contributed by atoms with van der Waals surface area (Å²) in [5.74, 6) is 0.221. The fraction of sp³-hybridized carbons (Fsp3) is 0.0769. The van der Waals surface area contributed by atoms with E-state index in [1.165, 1.54) is 0 Å². The van der Waals surface area contributed by atoms with Crippen molar-refractivity contribution in [2.75, 3.05) is 6.61 Å². The van der Waals surface area contributed by atoms with Gasteiger partial charge in [0.2, 0.25) is 0 Å². The van der Waals surface area contributed by atoms with Crippen molar-refractivity contribution in [1.29, 1.82) is 0 Å². The molecule has 3 nitrogen and oxygen atoms in total. The maximum Gasteiger partial charge on any atom is 0.200 e. The molecule has 0 aliphatic carbocycles. The number of ether oxygens (including phenoxy) is 1. The first-order chi connectivity index (χ1) is 8.66. The summed E-state index contributed by atoms with van der Waals surface area (Å²) in [5.41, 5.74) is 1.05. The fourth-order valence-electron chi connectivity index (χ4n) is 1.42. The second-order valence-electron chi connectivity index (χ2n) is 3.63. The monoisotopic (exact) mass is 257 g/mol. The molecule has 18 heavy (non-hydrogen) atoms. The highest BCUT2D eigenvalue weighted by Crippen LogP contribution is 2.20. The van der Waals surface area contributed by atoms with E-state index < -0.39 is 0 Å². The second kappa shape index (κ2) is 5.69. The van der Waals surface area contributed by atoms with Gasteiger partial charge in [0.25, 0.3) is 0 Å². The van der Waals surface area contributed by atoms with Gasteiger partial charge in [-0.2, -0.15) is 0 Å². The summed E-state index contributed by atoms with van der Waals surface area (Å²) in [6, 6.07) is 10.1. The Bertz CT molecular complexity index is 574. The fourth-order valence-corrected chi connectivity index (χ4v) is 1.59. The SMILES string of the molecule is [B]c1cccc(C(=O)COc2cccnc2Cl)c1. The molecule has 0 atom stereocenters. The van der Waals surface area contributed by atoms with Crippen molar-refractivity contribution in [3.05, 3.63) is 53.3 Å². The zero-order valence-corrected chi connectivity index (χ0v) is 10.2. The number of Topliss-reactive ketones (excluding diaryl/α,β-unsaturated/α-hetero) is 1. The first kappa shape index (κ1) is 12.6. The van der Waals surface area contributed by atoms with Gasteiger partial charge in [0.1, 0.15) is 7.85 Å². The van der Waals surface area contributed by atoms with Crippen LogP contribution in [0.1, 0.15) is 10.4 Å². The van der Waals surface area contributed by atoms with E-state index in [9.17, 15) is 4.79 Å². The van der Waals surface area contributed by atoms with Gasteiger partial charge in [0, 0.05) is 11.8 Å². The molecular weight excluding hydrogens is 248 g/mol. The lowest BCUT2D eigenvalue weighted by Gasteiger charge is -2.06. The van der Waals surface area contributed by atoms with Crippen LogP contribution in [0.25, 0.3) is 0 Å². The minimum absolute atomic E-state index is 0.102. The third-order valence-electron chi connectivity index (χ3n) is 2.29. The summed E-state index contributed by atoms with van der Waals surface area (Å²) in [6.07, 6.45) is 1.55. The first-order valence-electron chi connectivity index (χ1n) is 5.29. The summed E-state index contributed by atoms with van der Waals surface area (Å²) >= 11 is 5.81. The maximum atomic E-state index is 11.8. The topological polar surface area (TPSA) is 39.2 Å². The van der Waals surface area contributed by atoms with Crippen LogP contribution in [0.2, 0.25) is 5.15 Å². The lowest BCUT2D eigenvalue weighted by atomic mass is 9.93. The predicted octanol–water partition coefficient (Wildman–Crippen LogP) is 1.79. The van der Waals surface area contributed by atoms with Gasteiger partial charge >= 0.3 is 0 Å². The van der Waals surface area contributed by atoms with E-state index >= 15 is 0 Å². The van der Waals surface area contributed by atoms with Gasteiger partial charge in [-0.05, 0) is 12.1 Å². The van der Waals surface area contributed by atoms with Crippen LogP contribution >= 0.6 is 11.6 Å². The molecule has 5 heteroatoms. The lowest BCUT2D eigenvalue weighted by molar-refractivity contribution is 0.0921. The zero-order chi connectivity index (χ0) is 13.0. The van der Waals surface area contributed by atoms with E-state index in [2.05, 4.69) is 4.98 Å². The molecule has 0 saturated carbocycles. The predicted molar refractivity (Wildman–Crippen MR) is 70.9 cm³/mol. The zero-order valence-electron chi connectivity index (χ0n) is 9.47. The van der Waals surface area contributed by atoms with Crippen LogP contribution in [0, 0.1) is 0 Å². The number of aromatic nitrogens is 1. The van der Waals surface area contributed by atoms with Gasteiger partial charge in [-0.1, -0.05) is 41.3 Å². The van der Waals surface area contributed by atoms with E-state index in [1.807, 2.05) is 0 Å². The molecule has 0 aliphatic heterocycles. The Balaban J connectivity index is 2.03. The Labute approximate surface area is 111 Å². The molecular formula is C13H9BClNO2. The largest absolute Gasteiger partial charge is 0.482 e. The molecule has 2 rings (SSSR count). The van der Waals surface area contributed by atoms with Crippen LogP contribution in [0.15, 0.2) is 42.6 Å². The van der Waals surface area contributed by atoms with Gasteiger partial charge < -0.3 is 4.74 Å². The van der Waals surface area contributed by atoms with E-state index in [0.29, 0.717) is 16.8 Å². The summed E-state index contributed by atoms with van der Waals surface area (Å²) in [5, 5.41) is 0.234. The summed E-state index contributed by atoms with van der Waals surface area (Å²) in [4.78, 5) is 15.7. The molecule has 0 bridgehead atoms. The smallest absolute Gasteiger partial charge is 0.200 e. The Morgan fingerprint density at radius 3 is 2.89 bits per heavy atom. The molecule has 1 aromatic carbocycles. The van der Waals surface area contributed by atoms with E-state index in [1.54, 1.807) is 42.6 Å². The minimum Gasteiger partial charge on any atom is -0.482 e. The molecule has 88 valence electrons. The molecule has 0 unspecified atom stereocenters. The number of rotatable bonds is 4. The third-order valence-corrected chi connectivity index (χ3v) is 2.58. The van der Waals surface area contributed by atoms with Crippen molar-refractivity contribution in [3.63, 3.8) is 0 Å². The number of carbonyl (C=O) groups is 1. The van der Waals surface area contributed by atoms with Crippen molar-refractivity contribution < 1.29 is 9.53 Å². The third kappa shape index (κ3) is 3.11. The second-order valence-corrected chi connectivity index (χ2v) is 3.99. The van der Waals surface area contributed by atoms with Crippen molar-refractivity contribution in [1.82, 2.24) is 4.98 Å². The molecule has 1 aromatic heterocycles. The number of halogens is 1. The molecule has 0 fully saturated rings. The molecule has 0 saturated heterocycles. The maximum absolute atomic E-state index is 11.8. The van der Waals surface area contributed by atoms with Crippen molar-refractivity contribution in [2.24, 2.45) is 0 Å². The molecule has 2 radical (unpaired) electrons.